The van der Waals surface area contributed by atoms with Gasteiger partial charge in [0.25, 0.3) is 0 Å². The number of amides is 2. The predicted molar refractivity (Wildman–Crippen MR) is 91.4 cm³/mol. The van der Waals surface area contributed by atoms with E-state index >= 15 is 0 Å². The lowest BCUT2D eigenvalue weighted by Gasteiger charge is -2.18. The molecule has 0 spiro atoms. The zero-order valence-electron chi connectivity index (χ0n) is 14.1. The SMILES string of the molecule is COC[C@H](NC(=O)Nc1ccc2c(c1)oc(=O)n2C)c1ccnn1C. The van der Waals surface area contributed by atoms with Crippen molar-refractivity contribution >= 4 is 22.8 Å². The van der Waals surface area contributed by atoms with E-state index in [0.717, 1.165) is 5.69 Å². The van der Waals surface area contributed by atoms with Crippen LogP contribution >= 0.6 is 0 Å². The van der Waals surface area contributed by atoms with Gasteiger partial charge in [0, 0.05) is 39.2 Å². The molecule has 2 N–H and O–H groups in total. The van der Waals surface area contributed by atoms with Gasteiger partial charge in [-0.15, -0.1) is 0 Å². The number of rotatable bonds is 5. The van der Waals surface area contributed by atoms with E-state index in [1.165, 1.54) is 4.57 Å². The van der Waals surface area contributed by atoms with Crippen molar-refractivity contribution < 1.29 is 13.9 Å². The molecule has 1 aromatic carbocycles. The number of benzene rings is 1. The number of oxazole rings is 1. The molecule has 0 fully saturated rings. The molecule has 2 heterocycles. The van der Waals surface area contributed by atoms with Crippen LogP contribution in [-0.2, 0) is 18.8 Å². The zero-order valence-corrected chi connectivity index (χ0v) is 14.1. The highest BCUT2D eigenvalue weighted by Gasteiger charge is 2.18. The Kier molecular flexibility index (Phi) is 4.57. The van der Waals surface area contributed by atoms with E-state index in [0.29, 0.717) is 23.4 Å². The minimum atomic E-state index is -0.451. The highest BCUT2D eigenvalue weighted by molar-refractivity contribution is 5.91. The van der Waals surface area contributed by atoms with Crippen LogP contribution in [0.1, 0.15) is 11.7 Å². The molecular weight excluding hydrogens is 326 g/mol. The molecule has 9 heteroatoms. The van der Waals surface area contributed by atoms with Crippen molar-refractivity contribution in [3.05, 3.63) is 46.7 Å². The van der Waals surface area contributed by atoms with Gasteiger partial charge in [-0.05, 0) is 18.2 Å². The summed E-state index contributed by atoms with van der Waals surface area (Å²) in [5.74, 6) is -0.451. The van der Waals surface area contributed by atoms with Crippen LogP contribution in [-0.4, -0.2) is 34.1 Å². The van der Waals surface area contributed by atoms with Crippen LogP contribution in [0, 0.1) is 0 Å². The molecule has 25 heavy (non-hydrogen) atoms. The summed E-state index contributed by atoms with van der Waals surface area (Å²) < 4.78 is 13.4. The predicted octanol–water partition coefficient (Wildman–Crippen LogP) is 1.37. The molecule has 0 saturated heterocycles. The number of ether oxygens (including phenoxy) is 1. The smallest absolute Gasteiger partial charge is 0.408 e. The highest BCUT2D eigenvalue weighted by Crippen LogP contribution is 2.18. The quantitative estimate of drug-likeness (QED) is 0.727. The van der Waals surface area contributed by atoms with E-state index in [-0.39, 0.29) is 6.04 Å². The average molecular weight is 345 g/mol. The second-order valence-corrected chi connectivity index (χ2v) is 5.60. The maximum Gasteiger partial charge on any atom is 0.419 e. The molecule has 0 bridgehead atoms. The first-order chi connectivity index (χ1) is 12.0. The van der Waals surface area contributed by atoms with E-state index in [9.17, 15) is 9.59 Å². The fourth-order valence-electron chi connectivity index (χ4n) is 2.63. The molecule has 0 aliphatic heterocycles. The summed E-state index contributed by atoms with van der Waals surface area (Å²) in [5, 5.41) is 9.67. The molecule has 0 aliphatic rings. The van der Waals surface area contributed by atoms with Gasteiger partial charge in [0.1, 0.15) is 0 Å². The van der Waals surface area contributed by atoms with Gasteiger partial charge in [0.2, 0.25) is 0 Å². The van der Waals surface area contributed by atoms with E-state index in [2.05, 4.69) is 15.7 Å². The Morgan fingerprint density at radius 1 is 1.36 bits per heavy atom. The average Bonchev–Trinajstić information content (AvgIpc) is 3.11. The van der Waals surface area contributed by atoms with Gasteiger partial charge in [0.15, 0.2) is 5.58 Å². The summed E-state index contributed by atoms with van der Waals surface area (Å²) >= 11 is 0. The van der Waals surface area contributed by atoms with Crippen LogP contribution in [0.3, 0.4) is 0 Å². The number of aromatic nitrogens is 3. The van der Waals surface area contributed by atoms with Gasteiger partial charge in [-0.25, -0.2) is 9.59 Å². The molecule has 0 saturated carbocycles. The summed E-state index contributed by atoms with van der Waals surface area (Å²) in [6, 6.07) is 6.08. The Morgan fingerprint density at radius 2 is 2.16 bits per heavy atom. The Balaban J connectivity index is 1.75. The number of aryl methyl sites for hydroxylation is 2. The largest absolute Gasteiger partial charge is 0.419 e. The third-order valence-electron chi connectivity index (χ3n) is 3.90. The van der Waals surface area contributed by atoms with E-state index in [1.807, 2.05) is 6.07 Å². The van der Waals surface area contributed by atoms with Crippen LogP contribution in [0.15, 0.2) is 39.7 Å². The van der Waals surface area contributed by atoms with Crippen molar-refractivity contribution in [3.8, 4) is 0 Å². The Labute approximate surface area is 143 Å². The van der Waals surface area contributed by atoms with Gasteiger partial charge >= 0.3 is 11.8 Å². The first-order valence-corrected chi connectivity index (χ1v) is 7.63. The van der Waals surface area contributed by atoms with Crippen molar-refractivity contribution in [2.24, 2.45) is 14.1 Å². The number of carbonyl (C=O) groups is 1. The Morgan fingerprint density at radius 3 is 2.84 bits per heavy atom. The third kappa shape index (κ3) is 3.41. The van der Waals surface area contributed by atoms with Crippen molar-refractivity contribution in [2.75, 3.05) is 19.0 Å². The fourth-order valence-corrected chi connectivity index (χ4v) is 2.63. The minimum absolute atomic E-state index is 0.305. The summed E-state index contributed by atoms with van der Waals surface area (Å²) in [6.45, 7) is 0.305. The first kappa shape index (κ1) is 16.8. The zero-order chi connectivity index (χ0) is 18.0. The molecule has 2 aromatic heterocycles. The van der Waals surface area contributed by atoms with Crippen molar-refractivity contribution in [1.29, 1.82) is 0 Å². The standard InChI is InChI=1S/C16H19N5O4/c1-20-13-5-4-10(8-14(13)25-16(20)23)18-15(22)19-11(9-24-3)12-6-7-17-21(12)2/h4-8,11H,9H2,1-3H3,(H2,18,19,22)/t11-/m0/s1. The van der Waals surface area contributed by atoms with Gasteiger partial charge in [-0.1, -0.05) is 0 Å². The van der Waals surface area contributed by atoms with Crippen LogP contribution in [0.4, 0.5) is 10.5 Å². The molecule has 3 rings (SSSR count). The molecule has 2 amide bonds. The third-order valence-corrected chi connectivity index (χ3v) is 3.90. The number of fused-ring (bicyclic) bond motifs is 1. The molecular formula is C16H19N5O4. The number of anilines is 1. The fraction of sp³-hybridized carbons (Fsp3) is 0.312. The van der Waals surface area contributed by atoms with Crippen LogP contribution in [0.25, 0.3) is 11.1 Å². The van der Waals surface area contributed by atoms with Crippen LogP contribution < -0.4 is 16.4 Å². The summed E-state index contributed by atoms with van der Waals surface area (Å²) in [6.07, 6.45) is 1.66. The maximum atomic E-state index is 12.3. The number of methoxy groups -OCH3 is 1. The Bertz CT molecular complexity index is 955. The lowest BCUT2D eigenvalue weighted by atomic mass is 10.2. The van der Waals surface area contributed by atoms with Gasteiger partial charge in [-0.2, -0.15) is 5.10 Å². The molecule has 3 aromatic rings. The normalized spacial score (nSPS) is 12.3. The molecule has 0 aliphatic carbocycles. The molecule has 132 valence electrons. The maximum absolute atomic E-state index is 12.3. The van der Waals surface area contributed by atoms with Crippen LogP contribution in [0.2, 0.25) is 0 Å². The van der Waals surface area contributed by atoms with Crippen LogP contribution in [0.5, 0.6) is 0 Å². The first-order valence-electron chi connectivity index (χ1n) is 7.63. The van der Waals surface area contributed by atoms with E-state index < -0.39 is 11.8 Å². The topological polar surface area (TPSA) is 103 Å². The van der Waals surface area contributed by atoms with Crippen molar-refractivity contribution in [2.45, 2.75) is 6.04 Å². The minimum Gasteiger partial charge on any atom is -0.408 e. The van der Waals surface area contributed by atoms with Crippen molar-refractivity contribution in [3.63, 3.8) is 0 Å². The number of hydrogen-bond donors (Lipinski definition) is 2. The second kappa shape index (κ2) is 6.81. The van der Waals surface area contributed by atoms with Gasteiger partial charge in [-0.3, -0.25) is 9.25 Å². The van der Waals surface area contributed by atoms with E-state index in [4.69, 9.17) is 9.15 Å². The molecule has 0 unspecified atom stereocenters. The lowest BCUT2D eigenvalue weighted by molar-refractivity contribution is 0.165. The number of nitrogens with zero attached hydrogens (tertiary/aromatic N) is 3. The van der Waals surface area contributed by atoms with E-state index in [1.54, 1.807) is 50.3 Å². The number of nitrogens with one attached hydrogen (secondary N) is 2. The summed E-state index contributed by atoms with van der Waals surface area (Å²) in [4.78, 5) is 23.8. The summed E-state index contributed by atoms with van der Waals surface area (Å²) in [5.41, 5.74) is 2.40. The number of hydrogen-bond acceptors (Lipinski definition) is 5. The second-order valence-electron chi connectivity index (χ2n) is 5.60. The lowest BCUT2D eigenvalue weighted by Crippen LogP contribution is -2.35. The molecule has 1 atom stereocenters. The number of urea groups is 1. The van der Waals surface area contributed by atoms with Gasteiger partial charge < -0.3 is 19.8 Å². The molecule has 9 nitrogen and oxygen atoms in total. The highest BCUT2D eigenvalue weighted by atomic mass is 16.5. The Hall–Kier alpha value is -3.07. The number of carbonyl (C=O) groups excluding carboxylic acids is 1. The van der Waals surface area contributed by atoms with Crippen molar-refractivity contribution in [1.82, 2.24) is 19.7 Å². The van der Waals surface area contributed by atoms with Gasteiger partial charge in [0.05, 0.1) is 23.9 Å². The monoisotopic (exact) mass is 345 g/mol. The molecule has 0 radical (unpaired) electrons. The summed E-state index contributed by atoms with van der Waals surface area (Å²) in [7, 11) is 4.98.